The number of nitrogens with one attached hydrogen (secondary N) is 1. The summed E-state index contributed by atoms with van der Waals surface area (Å²) in [6.07, 6.45) is 1.68. The van der Waals surface area contributed by atoms with Gasteiger partial charge in [0.05, 0.1) is 10.6 Å². The number of carbonyl (C=O) groups excluding carboxylic acids is 2. The molecule has 0 radical (unpaired) electrons. The molecule has 0 bridgehead atoms. The number of anilines is 1. The van der Waals surface area contributed by atoms with Crippen LogP contribution in [-0.2, 0) is 39.0 Å². The average Bonchev–Trinajstić information content (AvgIpc) is 3.05. The van der Waals surface area contributed by atoms with Crippen molar-refractivity contribution in [3.63, 3.8) is 0 Å². The molecule has 1 unspecified atom stereocenters. The SMILES string of the molecule is CCCNC(=O)C(Cc1ccccc1)N(Cc1ccc(F)cc1)C(=O)CN(c1ccc(CC)cc1)S(=O)(=O)c1ccccc1. The van der Waals surface area contributed by atoms with Crippen LogP contribution in [0.2, 0.25) is 0 Å². The fraction of sp³-hybridized carbons (Fsp3) is 0.257. The zero-order valence-electron chi connectivity index (χ0n) is 25.0. The minimum atomic E-state index is -4.16. The normalized spacial score (nSPS) is 11.9. The molecule has 0 heterocycles. The number of nitrogens with zero attached hydrogens (tertiary/aromatic N) is 2. The molecular formula is C35H38FN3O4S. The van der Waals surface area contributed by atoms with Crippen molar-refractivity contribution >= 4 is 27.5 Å². The average molecular weight is 616 g/mol. The summed E-state index contributed by atoms with van der Waals surface area (Å²) in [6.45, 7) is 3.78. The fourth-order valence-electron chi connectivity index (χ4n) is 4.85. The summed E-state index contributed by atoms with van der Waals surface area (Å²) < 4.78 is 42.9. The number of hydrogen-bond acceptors (Lipinski definition) is 4. The molecule has 44 heavy (non-hydrogen) atoms. The van der Waals surface area contributed by atoms with E-state index in [4.69, 9.17) is 0 Å². The van der Waals surface area contributed by atoms with Gasteiger partial charge in [0.15, 0.2) is 0 Å². The Morgan fingerprint density at radius 3 is 1.95 bits per heavy atom. The zero-order valence-corrected chi connectivity index (χ0v) is 25.8. The van der Waals surface area contributed by atoms with Crippen molar-refractivity contribution in [3.8, 4) is 0 Å². The topological polar surface area (TPSA) is 86.8 Å². The monoisotopic (exact) mass is 615 g/mol. The molecule has 1 atom stereocenters. The first-order valence-electron chi connectivity index (χ1n) is 14.7. The number of aryl methyl sites for hydroxylation is 1. The Morgan fingerprint density at radius 1 is 0.773 bits per heavy atom. The second-order valence-corrected chi connectivity index (χ2v) is 12.4. The number of rotatable bonds is 14. The number of amides is 2. The van der Waals surface area contributed by atoms with E-state index < -0.39 is 34.3 Å². The van der Waals surface area contributed by atoms with Gasteiger partial charge in [-0.2, -0.15) is 0 Å². The van der Waals surface area contributed by atoms with Gasteiger partial charge in [-0.3, -0.25) is 13.9 Å². The van der Waals surface area contributed by atoms with Crippen molar-refractivity contribution in [1.82, 2.24) is 10.2 Å². The number of sulfonamides is 1. The molecule has 2 amide bonds. The number of benzene rings is 4. The van der Waals surface area contributed by atoms with Crippen LogP contribution in [0.15, 0.2) is 114 Å². The maximum atomic E-state index is 14.4. The van der Waals surface area contributed by atoms with Gasteiger partial charge >= 0.3 is 0 Å². The first kappa shape index (κ1) is 32.4. The van der Waals surface area contributed by atoms with Gasteiger partial charge in [0.25, 0.3) is 10.0 Å². The Kier molecular flexibility index (Phi) is 11.3. The lowest BCUT2D eigenvalue weighted by Gasteiger charge is -2.34. The predicted octanol–water partition coefficient (Wildman–Crippen LogP) is 5.75. The van der Waals surface area contributed by atoms with E-state index in [0.717, 1.165) is 21.9 Å². The van der Waals surface area contributed by atoms with Crippen LogP contribution < -0.4 is 9.62 Å². The molecule has 230 valence electrons. The highest BCUT2D eigenvalue weighted by Gasteiger charge is 2.34. The largest absolute Gasteiger partial charge is 0.354 e. The molecule has 9 heteroatoms. The minimum absolute atomic E-state index is 0.0237. The first-order valence-corrected chi connectivity index (χ1v) is 16.2. The van der Waals surface area contributed by atoms with E-state index >= 15 is 0 Å². The molecule has 4 aromatic carbocycles. The smallest absolute Gasteiger partial charge is 0.264 e. The van der Waals surface area contributed by atoms with Crippen LogP contribution in [0.3, 0.4) is 0 Å². The second-order valence-electron chi connectivity index (χ2n) is 10.5. The van der Waals surface area contributed by atoms with Gasteiger partial charge in [-0.1, -0.05) is 86.6 Å². The molecule has 0 saturated carbocycles. The summed E-state index contributed by atoms with van der Waals surface area (Å²) in [5, 5.41) is 2.91. The van der Waals surface area contributed by atoms with Crippen LogP contribution in [0.25, 0.3) is 0 Å². The third-order valence-corrected chi connectivity index (χ3v) is 9.12. The highest BCUT2D eigenvalue weighted by molar-refractivity contribution is 7.92. The van der Waals surface area contributed by atoms with Crippen molar-refractivity contribution in [3.05, 3.63) is 132 Å². The highest BCUT2D eigenvalue weighted by atomic mass is 32.2. The van der Waals surface area contributed by atoms with Gasteiger partial charge < -0.3 is 10.2 Å². The zero-order chi connectivity index (χ0) is 31.5. The molecule has 4 aromatic rings. The van der Waals surface area contributed by atoms with E-state index in [9.17, 15) is 22.4 Å². The molecule has 0 aliphatic carbocycles. The Balaban J connectivity index is 1.78. The molecule has 0 aliphatic heterocycles. The van der Waals surface area contributed by atoms with E-state index in [1.807, 2.05) is 56.3 Å². The number of halogens is 1. The Bertz CT molecular complexity index is 1610. The highest BCUT2D eigenvalue weighted by Crippen LogP contribution is 2.25. The van der Waals surface area contributed by atoms with Crippen LogP contribution >= 0.6 is 0 Å². The third kappa shape index (κ3) is 8.32. The summed E-state index contributed by atoms with van der Waals surface area (Å²) in [5.41, 5.74) is 2.79. The molecule has 1 N–H and O–H groups in total. The maximum absolute atomic E-state index is 14.4. The Labute approximate surface area is 259 Å². The van der Waals surface area contributed by atoms with E-state index in [1.165, 1.54) is 29.2 Å². The van der Waals surface area contributed by atoms with E-state index in [2.05, 4.69) is 5.32 Å². The van der Waals surface area contributed by atoms with Crippen LogP contribution in [0.5, 0.6) is 0 Å². The molecule has 0 fully saturated rings. The van der Waals surface area contributed by atoms with Gasteiger partial charge in [-0.25, -0.2) is 12.8 Å². The molecule has 0 spiro atoms. The molecule has 0 aliphatic rings. The predicted molar refractivity (Wildman–Crippen MR) is 171 cm³/mol. The molecule has 7 nitrogen and oxygen atoms in total. The van der Waals surface area contributed by atoms with Crippen LogP contribution in [0, 0.1) is 5.82 Å². The van der Waals surface area contributed by atoms with Gasteiger partial charge in [-0.05, 0) is 65.9 Å². The lowest BCUT2D eigenvalue weighted by molar-refractivity contribution is -0.140. The second kappa shape index (κ2) is 15.3. The van der Waals surface area contributed by atoms with Crippen molar-refractivity contribution in [2.24, 2.45) is 0 Å². The number of hydrogen-bond donors (Lipinski definition) is 1. The van der Waals surface area contributed by atoms with Crippen LogP contribution in [0.4, 0.5) is 10.1 Å². The minimum Gasteiger partial charge on any atom is -0.354 e. The molecule has 0 saturated heterocycles. The summed E-state index contributed by atoms with van der Waals surface area (Å²) in [4.78, 5) is 29.5. The summed E-state index contributed by atoms with van der Waals surface area (Å²) in [5.74, 6) is -1.35. The first-order chi connectivity index (χ1) is 21.2. The Morgan fingerprint density at radius 2 is 1.36 bits per heavy atom. The third-order valence-electron chi connectivity index (χ3n) is 7.33. The van der Waals surface area contributed by atoms with Crippen LogP contribution in [-0.4, -0.2) is 44.3 Å². The summed E-state index contributed by atoms with van der Waals surface area (Å²) in [7, 11) is -4.16. The maximum Gasteiger partial charge on any atom is 0.264 e. The van der Waals surface area contributed by atoms with Crippen molar-refractivity contribution in [1.29, 1.82) is 0 Å². The lowest BCUT2D eigenvalue weighted by Crippen LogP contribution is -2.53. The van der Waals surface area contributed by atoms with Crippen molar-refractivity contribution in [2.75, 3.05) is 17.4 Å². The molecule has 0 aromatic heterocycles. The fourth-order valence-corrected chi connectivity index (χ4v) is 6.29. The van der Waals surface area contributed by atoms with E-state index in [1.54, 1.807) is 42.5 Å². The van der Waals surface area contributed by atoms with Crippen molar-refractivity contribution in [2.45, 2.75) is 50.6 Å². The molecule has 4 rings (SSSR count). The molecular weight excluding hydrogens is 577 g/mol. The summed E-state index contributed by atoms with van der Waals surface area (Å²) >= 11 is 0. The van der Waals surface area contributed by atoms with E-state index in [-0.39, 0.29) is 23.8 Å². The van der Waals surface area contributed by atoms with Crippen molar-refractivity contribution < 1.29 is 22.4 Å². The lowest BCUT2D eigenvalue weighted by atomic mass is 10.0. The summed E-state index contributed by atoms with van der Waals surface area (Å²) in [6, 6.07) is 29.1. The van der Waals surface area contributed by atoms with Gasteiger partial charge in [0, 0.05) is 19.5 Å². The van der Waals surface area contributed by atoms with Gasteiger partial charge in [0.2, 0.25) is 11.8 Å². The van der Waals surface area contributed by atoms with E-state index in [0.29, 0.717) is 24.2 Å². The number of carbonyl (C=O) groups is 2. The standard InChI is InChI=1S/C35H38FN3O4S/c1-3-23-37-35(41)33(24-28-11-7-5-8-12-28)38(25-29-15-19-30(36)20-16-29)34(40)26-39(31-21-17-27(4-2)18-22-31)44(42,43)32-13-9-6-10-14-32/h5-22,33H,3-4,23-26H2,1-2H3,(H,37,41). The quantitative estimate of drug-likeness (QED) is 0.196. The van der Waals surface area contributed by atoms with Crippen LogP contribution in [0.1, 0.15) is 37.0 Å². The van der Waals surface area contributed by atoms with Gasteiger partial charge in [-0.15, -0.1) is 0 Å². The Hall–Kier alpha value is -4.50. The van der Waals surface area contributed by atoms with Gasteiger partial charge in [0.1, 0.15) is 18.4 Å².